The van der Waals surface area contributed by atoms with Crippen molar-refractivity contribution in [2.75, 3.05) is 35.8 Å². The Balaban J connectivity index is 1.50. The van der Waals surface area contributed by atoms with E-state index in [1.807, 2.05) is 4.90 Å². The second-order valence-corrected chi connectivity index (χ2v) is 10.2. The predicted octanol–water partition coefficient (Wildman–Crippen LogP) is 5.26. The lowest BCUT2D eigenvalue weighted by Gasteiger charge is -2.36. The van der Waals surface area contributed by atoms with E-state index < -0.39 is 27.7 Å². The van der Waals surface area contributed by atoms with Gasteiger partial charge in [-0.15, -0.1) is 0 Å². The number of nitrogens with one attached hydrogen (secondary N) is 1. The number of piperazine rings is 1. The van der Waals surface area contributed by atoms with Crippen molar-refractivity contribution >= 4 is 38.9 Å². The van der Waals surface area contributed by atoms with Crippen LogP contribution in [0.2, 0.25) is 5.02 Å². The van der Waals surface area contributed by atoms with E-state index in [1.54, 1.807) is 12.1 Å². The molecular formula is C24H20ClF4N3O3S. The fourth-order valence-electron chi connectivity index (χ4n) is 3.80. The van der Waals surface area contributed by atoms with Crippen LogP contribution < -0.4 is 9.62 Å². The Morgan fingerprint density at radius 3 is 2.22 bits per heavy atom. The lowest BCUT2D eigenvalue weighted by Crippen LogP contribution is -2.48. The molecule has 1 fully saturated rings. The second kappa shape index (κ2) is 9.98. The molecule has 12 heteroatoms. The van der Waals surface area contributed by atoms with Gasteiger partial charge in [-0.25, -0.2) is 12.8 Å². The minimum Gasteiger partial charge on any atom is -0.368 e. The average molecular weight is 542 g/mol. The Kier molecular flexibility index (Phi) is 7.14. The highest BCUT2D eigenvalue weighted by Gasteiger charge is 2.31. The summed E-state index contributed by atoms with van der Waals surface area (Å²) in [5, 5.41) is 0.0407. The molecule has 0 aliphatic carbocycles. The zero-order chi connectivity index (χ0) is 26.1. The Hall–Kier alpha value is -3.31. The van der Waals surface area contributed by atoms with E-state index in [4.69, 9.17) is 11.6 Å². The fourth-order valence-corrected chi connectivity index (χ4v) is 5.07. The van der Waals surface area contributed by atoms with Gasteiger partial charge in [-0.1, -0.05) is 17.7 Å². The van der Waals surface area contributed by atoms with Crippen molar-refractivity contribution in [3.8, 4) is 0 Å². The number of sulfonamides is 1. The SMILES string of the molecule is O=C(c1cc(S(=O)(=O)Nc2cccc(C(F)(F)F)c2)ccc1Cl)N1CCN(c2ccc(F)cc2)CC1. The topological polar surface area (TPSA) is 69.7 Å². The van der Waals surface area contributed by atoms with Crippen LogP contribution in [0.5, 0.6) is 0 Å². The molecule has 190 valence electrons. The maximum Gasteiger partial charge on any atom is 0.416 e. The van der Waals surface area contributed by atoms with Gasteiger partial charge in [-0.3, -0.25) is 9.52 Å². The third kappa shape index (κ3) is 5.73. The maximum atomic E-state index is 13.2. The molecule has 0 radical (unpaired) electrons. The minimum atomic E-state index is -4.64. The molecule has 0 spiro atoms. The summed E-state index contributed by atoms with van der Waals surface area (Å²) >= 11 is 6.20. The largest absolute Gasteiger partial charge is 0.416 e. The summed E-state index contributed by atoms with van der Waals surface area (Å²) in [5.41, 5.74) is -0.506. The van der Waals surface area contributed by atoms with Gasteiger partial charge in [-0.05, 0) is 60.7 Å². The van der Waals surface area contributed by atoms with Crippen molar-refractivity contribution in [2.24, 2.45) is 0 Å². The molecule has 6 nitrogen and oxygen atoms in total. The number of anilines is 2. The van der Waals surface area contributed by atoms with Crippen LogP contribution in [0.25, 0.3) is 0 Å². The number of amides is 1. The number of halogens is 5. The molecule has 3 aromatic carbocycles. The first kappa shape index (κ1) is 25.8. The molecule has 36 heavy (non-hydrogen) atoms. The van der Waals surface area contributed by atoms with Crippen LogP contribution in [0.4, 0.5) is 28.9 Å². The first-order valence-electron chi connectivity index (χ1n) is 10.7. The van der Waals surface area contributed by atoms with Gasteiger partial charge >= 0.3 is 6.18 Å². The lowest BCUT2D eigenvalue weighted by atomic mass is 10.1. The summed E-state index contributed by atoms with van der Waals surface area (Å²) in [6, 6.07) is 13.3. The summed E-state index contributed by atoms with van der Waals surface area (Å²) in [5.74, 6) is -0.825. The van der Waals surface area contributed by atoms with E-state index in [0.29, 0.717) is 32.2 Å². The van der Waals surface area contributed by atoms with Gasteiger partial charge < -0.3 is 9.80 Å². The predicted molar refractivity (Wildman–Crippen MR) is 128 cm³/mol. The number of alkyl halides is 3. The molecule has 0 unspecified atom stereocenters. The van der Waals surface area contributed by atoms with E-state index in [1.165, 1.54) is 35.2 Å². The molecule has 1 amide bonds. The quantitative estimate of drug-likeness (QED) is 0.447. The van der Waals surface area contributed by atoms with E-state index in [0.717, 1.165) is 23.9 Å². The number of carbonyl (C=O) groups is 1. The number of hydrogen-bond donors (Lipinski definition) is 1. The Morgan fingerprint density at radius 1 is 0.917 bits per heavy atom. The zero-order valence-electron chi connectivity index (χ0n) is 18.6. The molecular weight excluding hydrogens is 522 g/mol. The van der Waals surface area contributed by atoms with E-state index in [2.05, 4.69) is 4.72 Å². The highest BCUT2D eigenvalue weighted by molar-refractivity contribution is 7.92. The number of carbonyl (C=O) groups excluding carboxylic acids is 1. The Labute approximate surface area is 210 Å². The summed E-state index contributed by atoms with van der Waals surface area (Å²) in [6.07, 6.45) is -4.64. The third-order valence-electron chi connectivity index (χ3n) is 5.68. The molecule has 0 atom stereocenters. The van der Waals surface area contributed by atoms with Gasteiger partial charge in [0.2, 0.25) is 0 Å². The van der Waals surface area contributed by atoms with Gasteiger partial charge in [-0.2, -0.15) is 13.2 Å². The normalized spacial score (nSPS) is 14.6. The monoisotopic (exact) mass is 541 g/mol. The standard InChI is InChI=1S/C24H20ClF4N3O3S/c25-22-9-8-20(36(34,35)30-18-3-1-2-16(14-18)24(27,28)29)15-21(22)23(33)32-12-10-31(11-13-32)19-6-4-17(26)5-7-19/h1-9,14-15,30H,10-13H2. The van der Waals surface area contributed by atoms with Crippen LogP contribution in [0.1, 0.15) is 15.9 Å². The molecule has 0 saturated carbocycles. The Morgan fingerprint density at radius 2 is 1.58 bits per heavy atom. The van der Waals surface area contributed by atoms with Crippen molar-refractivity contribution in [2.45, 2.75) is 11.1 Å². The highest BCUT2D eigenvalue weighted by atomic mass is 35.5. The highest BCUT2D eigenvalue weighted by Crippen LogP contribution is 2.31. The van der Waals surface area contributed by atoms with Crippen molar-refractivity contribution in [3.63, 3.8) is 0 Å². The molecule has 1 saturated heterocycles. The van der Waals surface area contributed by atoms with E-state index in [9.17, 15) is 30.8 Å². The van der Waals surface area contributed by atoms with Gasteiger partial charge in [0.05, 0.1) is 21.0 Å². The van der Waals surface area contributed by atoms with Gasteiger partial charge in [0.25, 0.3) is 15.9 Å². The molecule has 1 N–H and O–H groups in total. The second-order valence-electron chi connectivity index (χ2n) is 8.08. The van der Waals surface area contributed by atoms with Crippen LogP contribution in [0.3, 0.4) is 0 Å². The number of rotatable bonds is 5. The lowest BCUT2D eigenvalue weighted by molar-refractivity contribution is -0.137. The van der Waals surface area contributed by atoms with Crippen LogP contribution in [0, 0.1) is 5.82 Å². The van der Waals surface area contributed by atoms with E-state index in [-0.39, 0.29) is 27.0 Å². The minimum absolute atomic E-state index is 0.0407. The van der Waals surface area contributed by atoms with Gasteiger partial charge in [0, 0.05) is 37.6 Å². The molecule has 4 rings (SSSR count). The Bertz CT molecular complexity index is 1370. The van der Waals surface area contributed by atoms with Crippen LogP contribution in [-0.2, 0) is 16.2 Å². The van der Waals surface area contributed by atoms with Gasteiger partial charge in [0.15, 0.2) is 0 Å². The van der Waals surface area contributed by atoms with Crippen molar-refractivity contribution in [1.82, 2.24) is 4.90 Å². The summed E-state index contributed by atoms with van der Waals surface area (Å²) in [7, 11) is -4.31. The molecule has 0 aromatic heterocycles. The van der Waals surface area contributed by atoms with E-state index >= 15 is 0 Å². The number of nitrogens with zero attached hydrogens (tertiary/aromatic N) is 2. The van der Waals surface area contributed by atoms with Gasteiger partial charge in [0.1, 0.15) is 5.82 Å². The molecule has 1 heterocycles. The van der Waals surface area contributed by atoms with Crippen molar-refractivity contribution < 1.29 is 30.8 Å². The number of benzene rings is 3. The third-order valence-corrected chi connectivity index (χ3v) is 7.39. The molecule has 1 aliphatic heterocycles. The first-order valence-corrected chi connectivity index (χ1v) is 12.6. The fraction of sp³-hybridized carbons (Fsp3) is 0.208. The first-order chi connectivity index (χ1) is 16.9. The molecule has 1 aliphatic rings. The van der Waals surface area contributed by atoms with Crippen LogP contribution in [-0.4, -0.2) is 45.4 Å². The summed E-state index contributed by atoms with van der Waals surface area (Å²) in [6.45, 7) is 1.60. The average Bonchev–Trinajstić information content (AvgIpc) is 2.84. The molecule has 0 bridgehead atoms. The van der Waals surface area contributed by atoms with Crippen LogP contribution in [0.15, 0.2) is 71.6 Å². The zero-order valence-corrected chi connectivity index (χ0v) is 20.2. The molecule has 3 aromatic rings. The van der Waals surface area contributed by atoms with Crippen molar-refractivity contribution in [3.05, 3.63) is 88.7 Å². The smallest absolute Gasteiger partial charge is 0.368 e. The number of hydrogen-bond acceptors (Lipinski definition) is 4. The maximum absolute atomic E-state index is 13.2. The van der Waals surface area contributed by atoms with Crippen LogP contribution >= 0.6 is 11.6 Å². The summed E-state index contributed by atoms with van der Waals surface area (Å²) < 4.78 is 79.9. The summed E-state index contributed by atoms with van der Waals surface area (Å²) in [4.78, 5) is 16.3. The van der Waals surface area contributed by atoms with Crippen molar-refractivity contribution in [1.29, 1.82) is 0 Å².